The van der Waals surface area contributed by atoms with Crippen LogP contribution in [0, 0.1) is 0 Å². The minimum atomic E-state index is -0.213. The zero-order chi connectivity index (χ0) is 21.3. The van der Waals surface area contributed by atoms with E-state index in [1.807, 2.05) is 24.3 Å². The Morgan fingerprint density at radius 1 is 0.900 bits per heavy atom. The van der Waals surface area contributed by atoms with Gasteiger partial charge in [0.2, 0.25) is 10.7 Å². The molecule has 0 N–H and O–H groups in total. The van der Waals surface area contributed by atoms with Gasteiger partial charge in [-0.15, -0.1) is 10.2 Å². The summed E-state index contributed by atoms with van der Waals surface area (Å²) < 4.78 is 23.6. The van der Waals surface area contributed by atoms with Crippen LogP contribution in [0.1, 0.15) is 5.56 Å². The second-order valence-corrected chi connectivity index (χ2v) is 7.22. The maximum atomic E-state index is 13.2. The molecule has 2 aromatic heterocycles. The Morgan fingerprint density at radius 2 is 1.57 bits per heavy atom. The summed E-state index contributed by atoms with van der Waals surface area (Å²) in [5, 5.41) is 8.39. The van der Waals surface area contributed by atoms with Gasteiger partial charge in [-0.25, -0.2) is 4.40 Å². The molecule has 0 saturated carbocycles. The average Bonchev–Trinajstić information content (AvgIpc) is 3.33. The number of nitrogens with zero attached hydrogens (tertiary/aromatic N) is 3. The van der Waals surface area contributed by atoms with Gasteiger partial charge in [-0.2, -0.15) is 0 Å². The third kappa shape index (κ3) is 3.22. The standard InChI is InChI=1S/C21H19N3O5S/c1-26-14-8-6-5-7-12(14)11-17-20(25)24-19(22-23-21(24)30-17)13-9-15(27-2)18(29-4)16(10-13)28-3/h5-11H,1-4H3. The predicted molar refractivity (Wildman–Crippen MR) is 114 cm³/mol. The number of benzene rings is 2. The van der Waals surface area contributed by atoms with Crippen LogP contribution in [0.5, 0.6) is 23.0 Å². The van der Waals surface area contributed by atoms with Crippen molar-refractivity contribution >= 4 is 22.4 Å². The Morgan fingerprint density at radius 3 is 2.20 bits per heavy atom. The highest BCUT2D eigenvalue weighted by atomic mass is 32.1. The number of rotatable bonds is 6. The Balaban J connectivity index is 1.92. The van der Waals surface area contributed by atoms with Gasteiger partial charge in [0.25, 0.3) is 5.56 Å². The molecular weight excluding hydrogens is 406 g/mol. The molecule has 0 radical (unpaired) electrons. The lowest BCUT2D eigenvalue weighted by atomic mass is 10.1. The lowest BCUT2D eigenvalue weighted by molar-refractivity contribution is 0.324. The summed E-state index contributed by atoms with van der Waals surface area (Å²) in [5.41, 5.74) is 1.22. The third-order valence-electron chi connectivity index (χ3n) is 4.60. The van der Waals surface area contributed by atoms with E-state index in [0.717, 1.165) is 5.56 Å². The van der Waals surface area contributed by atoms with Crippen LogP contribution in [0.15, 0.2) is 41.2 Å². The van der Waals surface area contributed by atoms with Crippen LogP contribution in [-0.4, -0.2) is 43.0 Å². The normalized spacial score (nSPS) is 11.7. The van der Waals surface area contributed by atoms with Gasteiger partial charge < -0.3 is 18.9 Å². The lowest BCUT2D eigenvalue weighted by Crippen LogP contribution is -2.23. The summed E-state index contributed by atoms with van der Waals surface area (Å²) in [7, 11) is 6.19. The van der Waals surface area contributed by atoms with E-state index in [2.05, 4.69) is 10.2 Å². The molecule has 0 fully saturated rings. The molecule has 0 spiro atoms. The van der Waals surface area contributed by atoms with Crippen molar-refractivity contribution < 1.29 is 18.9 Å². The number of ether oxygens (including phenoxy) is 4. The van der Waals surface area contributed by atoms with E-state index in [9.17, 15) is 4.79 Å². The maximum Gasteiger partial charge on any atom is 0.276 e. The van der Waals surface area contributed by atoms with Crippen LogP contribution >= 0.6 is 11.3 Å². The Bertz CT molecular complexity index is 1300. The SMILES string of the molecule is COc1ccccc1C=c1sc2nnc(-c3cc(OC)c(OC)c(OC)c3)n2c1=O. The summed E-state index contributed by atoms with van der Waals surface area (Å²) in [6, 6.07) is 11.0. The molecule has 2 heterocycles. The van der Waals surface area contributed by atoms with E-state index in [1.165, 1.54) is 37.1 Å². The predicted octanol–water partition coefficient (Wildman–Crippen LogP) is 2.40. The van der Waals surface area contributed by atoms with Crippen molar-refractivity contribution in [1.82, 2.24) is 14.6 Å². The number of fused-ring (bicyclic) bond motifs is 1. The van der Waals surface area contributed by atoms with Crippen molar-refractivity contribution in [3.63, 3.8) is 0 Å². The monoisotopic (exact) mass is 425 g/mol. The van der Waals surface area contributed by atoms with Crippen molar-refractivity contribution in [2.45, 2.75) is 0 Å². The number of aromatic nitrogens is 3. The first kappa shape index (κ1) is 19.7. The van der Waals surface area contributed by atoms with E-state index in [-0.39, 0.29) is 5.56 Å². The van der Waals surface area contributed by atoms with Crippen LogP contribution in [0.3, 0.4) is 0 Å². The Hall–Kier alpha value is -3.59. The summed E-state index contributed by atoms with van der Waals surface area (Å²) in [4.78, 5) is 13.6. The molecule has 9 heteroatoms. The second-order valence-electron chi connectivity index (χ2n) is 6.21. The molecule has 30 heavy (non-hydrogen) atoms. The third-order valence-corrected chi connectivity index (χ3v) is 5.56. The lowest BCUT2D eigenvalue weighted by Gasteiger charge is -2.13. The molecule has 0 unspecified atom stereocenters. The fourth-order valence-electron chi connectivity index (χ4n) is 3.19. The number of methoxy groups -OCH3 is 4. The topological polar surface area (TPSA) is 84.2 Å². The molecule has 0 amide bonds. The summed E-state index contributed by atoms with van der Waals surface area (Å²) >= 11 is 1.26. The molecule has 4 rings (SSSR count). The molecule has 0 saturated heterocycles. The molecule has 2 aromatic carbocycles. The van der Waals surface area contributed by atoms with Gasteiger partial charge in [0.1, 0.15) is 5.75 Å². The minimum absolute atomic E-state index is 0.213. The number of hydrogen-bond donors (Lipinski definition) is 0. The molecule has 154 valence electrons. The average molecular weight is 425 g/mol. The van der Waals surface area contributed by atoms with Gasteiger partial charge in [-0.3, -0.25) is 4.79 Å². The van der Waals surface area contributed by atoms with Crippen molar-refractivity contribution in [2.75, 3.05) is 28.4 Å². The van der Waals surface area contributed by atoms with Gasteiger partial charge in [0.15, 0.2) is 17.3 Å². The molecule has 0 aliphatic rings. The second kappa shape index (κ2) is 8.03. The molecule has 0 aliphatic carbocycles. The summed E-state index contributed by atoms with van der Waals surface area (Å²) in [6.45, 7) is 0. The summed E-state index contributed by atoms with van der Waals surface area (Å²) in [6.07, 6.45) is 1.79. The molecule has 8 nitrogen and oxygen atoms in total. The van der Waals surface area contributed by atoms with Crippen LogP contribution in [0.4, 0.5) is 0 Å². The van der Waals surface area contributed by atoms with Crippen LogP contribution in [0.2, 0.25) is 0 Å². The maximum absolute atomic E-state index is 13.2. The van der Waals surface area contributed by atoms with Gasteiger partial charge in [0.05, 0.1) is 33.0 Å². The fourth-order valence-corrected chi connectivity index (χ4v) is 4.09. The van der Waals surface area contributed by atoms with Crippen LogP contribution < -0.4 is 29.0 Å². The van der Waals surface area contributed by atoms with Crippen molar-refractivity contribution in [3.8, 4) is 34.4 Å². The van der Waals surface area contributed by atoms with Gasteiger partial charge in [-0.1, -0.05) is 29.5 Å². The first-order chi connectivity index (χ1) is 14.6. The first-order valence-electron chi connectivity index (χ1n) is 8.94. The van der Waals surface area contributed by atoms with E-state index >= 15 is 0 Å². The largest absolute Gasteiger partial charge is 0.496 e. The van der Waals surface area contributed by atoms with Gasteiger partial charge >= 0.3 is 0 Å². The van der Waals surface area contributed by atoms with Gasteiger partial charge in [0, 0.05) is 11.1 Å². The zero-order valence-electron chi connectivity index (χ0n) is 16.8. The van der Waals surface area contributed by atoms with Crippen LogP contribution in [-0.2, 0) is 0 Å². The molecule has 0 atom stereocenters. The Kier molecular flexibility index (Phi) is 5.28. The quantitative estimate of drug-likeness (QED) is 0.469. The van der Waals surface area contributed by atoms with Crippen molar-refractivity contribution in [2.24, 2.45) is 0 Å². The molecule has 0 bridgehead atoms. The smallest absolute Gasteiger partial charge is 0.276 e. The van der Waals surface area contributed by atoms with E-state index in [1.54, 1.807) is 25.3 Å². The number of hydrogen-bond acceptors (Lipinski definition) is 8. The number of para-hydroxylation sites is 1. The van der Waals surface area contributed by atoms with Crippen LogP contribution in [0.25, 0.3) is 22.4 Å². The fraction of sp³-hybridized carbons (Fsp3) is 0.190. The Labute approximate surface area is 175 Å². The molecular formula is C21H19N3O5S. The first-order valence-corrected chi connectivity index (χ1v) is 9.76. The minimum Gasteiger partial charge on any atom is -0.496 e. The zero-order valence-corrected chi connectivity index (χ0v) is 17.6. The number of thiazole rings is 1. The molecule has 0 aliphatic heterocycles. The highest BCUT2D eigenvalue weighted by molar-refractivity contribution is 7.15. The van der Waals surface area contributed by atoms with E-state index < -0.39 is 0 Å². The highest BCUT2D eigenvalue weighted by Gasteiger charge is 2.19. The van der Waals surface area contributed by atoms with E-state index in [4.69, 9.17) is 18.9 Å². The summed E-state index contributed by atoms with van der Waals surface area (Å²) in [5.74, 6) is 2.47. The van der Waals surface area contributed by atoms with Crippen molar-refractivity contribution in [3.05, 3.63) is 56.8 Å². The highest BCUT2D eigenvalue weighted by Crippen LogP contribution is 2.40. The van der Waals surface area contributed by atoms with Crippen molar-refractivity contribution in [1.29, 1.82) is 0 Å². The van der Waals surface area contributed by atoms with E-state index in [0.29, 0.717) is 43.9 Å². The van der Waals surface area contributed by atoms with Gasteiger partial charge in [-0.05, 0) is 24.3 Å². The molecule has 4 aromatic rings.